The SMILES string of the molecule is CCC1c2nncn2-c2cnc(-c3cn[nH]c3-c3nccs3)nc2N1c1cccc(C#N)c1. The number of nitrogens with one attached hydrogen (secondary N) is 1. The average Bonchev–Trinajstić information content (AvgIpc) is 3.63. The van der Waals surface area contributed by atoms with Gasteiger partial charge in [-0.3, -0.25) is 9.67 Å². The minimum absolute atomic E-state index is 0.112. The van der Waals surface area contributed by atoms with Crippen molar-refractivity contribution in [1.29, 1.82) is 5.26 Å². The van der Waals surface area contributed by atoms with Crippen molar-refractivity contribution in [3.8, 4) is 33.8 Å². The molecule has 0 saturated carbocycles. The minimum Gasteiger partial charge on any atom is -0.314 e. The molecule has 10 nitrogen and oxygen atoms in total. The highest BCUT2D eigenvalue weighted by atomic mass is 32.1. The lowest BCUT2D eigenvalue weighted by molar-refractivity contribution is 0.590. The summed E-state index contributed by atoms with van der Waals surface area (Å²) in [5.41, 5.74) is 3.74. The number of hydrogen-bond donors (Lipinski definition) is 1. The number of anilines is 2. The van der Waals surface area contributed by atoms with Crippen LogP contribution in [0, 0.1) is 11.3 Å². The van der Waals surface area contributed by atoms with Gasteiger partial charge < -0.3 is 4.90 Å². The number of hydrogen-bond acceptors (Lipinski definition) is 9. The molecule has 4 aromatic heterocycles. The van der Waals surface area contributed by atoms with Gasteiger partial charge in [0.1, 0.15) is 22.7 Å². The Bertz CT molecular complexity index is 1490. The Morgan fingerprint density at radius 3 is 3.00 bits per heavy atom. The Morgan fingerprint density at radius 2 is 2.18 bits per heavy atom. The first-order valence-electron chi connectivity index (χ1n) is 10.3. The van der Waals surface area contributed by atoms with E-state index in [1.54, 1.807) is 31.0 Å². The summed E-state index contributed by atoms with van der Waals surface area (Å²) in [6, 6.07) is 9.60. The Kier molecular flexibility index (Phi) is 4.44. The van der Waals surface area contributed by atoms with Crippen molar-refractivity contribution >= 4 is 22.8 Å². The lowest BCUT2D eigenvalue weighted by Crippen LogP contribution is -2.32. The zero-order valence-electron chi connectivity index (χ0n) is 17.4. The predicted molar refractivity (Wildman–Crippen MR) is 122 cm³/mol. The van der Waals surface area contributed by atoms with E-state index in [1.165, 1.54) is 11.3 Å². The Morgan fingerprint density at radius 1 is 1.24 bits per heavy atom. The number of nitrogens with zero attached hydrogens (tertiary/aromatic N) is 9. The van der Waals surface area contributed by atoms with Gasteiger partial charge in [0.25, 0.3) is 0 Å². The van der Waals surface area contributed by atoms with Gasteiger partial charge in [-0.2, -0.15) is 10.4 Å². The number of fused-ring (bicyclic) bond motifs is 3. The number of benzene rings is 1. The Labute approximate surface area is 192 Å². The molecule has 1 aromatic carbocycles. The van der Waals surface area contributed by atoms with E-state index in [0.29, 0.717) is 17.2 Å². The van der Waals surface area contributed by atoms with Crippen LogP contribution >= 0.6 is 11.3 Å². The summed E-state index contributed by atoms with van der Waals surface area (Å²) in [4.78, 5) is 16.1. The highest BCUT2D eigenvalue weighted by molar-refractivity contribution is 7.13. The van der Waals surface area contributed by atoms with E-state index in [2.05, 4.69) is 48.3 Å². The molecule has 0 saturated heterocycles. The van der Waals surface area contributed by atoms with Gasteiger partial charge in [0.05, 0.1) is 35.6 Å². The molecule has 0 radical (unpaired) electrons. The molecule has 1 unspecified atom stereocenters. The second kappa shape index (κ2) is 7.61. The Hall–Kier alpha value is -4.43. The van der Waals surface area contributed by atoms with Crippen LogP contribution in [-0.4, -0.2) is 39.9 Å². The third kappa shape index (κ3) is 3.00. The molecule has 0 fully saturated rings. The molecular weight excluding hydrogens is 436 g/mol. The molecule has 0 amide bonds. The molecular formula is C22H16N10S. The van der Waals surface area contributed by atoms with E-state index in [1.807, 2.05) is 28.1 Å². The van der Waals surface area contributed by atoms with E-state index in [-0.39, 0.29) is 6.04 Å². The van der Waals surface area contributed by atoms with Crippen molar-refractivity contribution in [2.24, 2.45) is 0 Å². The summed E-state index contributed by atoms with van der Waals surface area (Å²) >= 11 is 1.52. The summed E-state index contributed by atoms with van der Waals surface area (Å²) < 4.78 is 1.93. The first-order chi connectivity index (χ1) is 16.3. The fourth-order valence-corrected chi connectivity index (χ4v) is 4.77. The molecule has 11 heteroatoms. The smallest absolute Gasteiger partial charge is 0.165 e. The normalized spacial score (nSPS) is 14.5. The second-order valence-electron chi connectivity index (χ2n) is 7.41. The highest BCUT2D eigenvalue weighted by Gasteiger charge is 2.35. The van der Waals surface area contributed by atoms with E-state index in [4.69, 9.17) is 4.98 Å². The molecule has 1 aliphatic heterocycles. The number of nitriles is 1. The van der Waals surface area contributed by atoms with Gasteiger partial charge in [0.2, 0.25) is 0 Å². The van der Waals surface area contributed by atoms with Crippen LogP contribution in [0.5, 0.6) is 0 Å². The number of aromatic amines is 1. The molecule has 160 valence electrons. The molecule has 0 spiro atoms. The van der Waals surface area contributed by atoms with Crippen LogP contribution in [0.15, 0.2) is 54.6 Å². The molecule has 6 rings (SSSR count). The molecule has 5 aromatic rings. The van der Waals surface area contributed by atoms with Gasteiger partial charge >= 0.3 is 0 Å². The summed E-state index contributed by atoms with van der Waals surface area (Å²) in [5, 5.41) is 27.9. The van der Waals surface area contributed by atoms with Gasteiger partial charge in [-0.15, -0.1) is 21.5 Å². The second-order valence-corrected chi connectivity index (χ2v) is 8.31. The van der Waals surface area contributed by atoms with Crippen molar-refractivity contribution in [3.05, 3.63) is 66.0 Å². The summed E-state index contributed by atoms with van der Waals surface area (Å²) in [7, 11) is 0. The van der Waals surface area contributed by atoms with Crippen LogP contribution in [0.3, 0.4) is 0 Å². The van der Waals surface area contributed by atoms with E-state index in [9.17, 15) is 5.26 Å². The average molecular weight is 453 g/mol. The van der Waals surface area contributed by atoms with Crippen molar-refractivity contribution in [2.75, 3.05) is 4.90 Å². The molecule has 1 N–H and O–H groups in total. The van der Waals surface area contributed by atoms with Crippen molar-refractivity contribution in [1.82, 2.24) is 39.9 Å². The lowest BCUT2D eigenvalue weighted by Gasteiger charge is -2.36. The van der Waals surface area contributed by atoms with E-state index < -0.39 is 0 Å². The molecule has 5 heterocycles. The summed E-state index contributed by atoms with van der Waals surface area (Å²) in [5.74, 6) is 2.04. The van der Waals surface area contributed by atoms with Gasteiger partial charge in [0, 0.05) is 17.3 Å². The fraction of sp³-hybridized carbons (Fsp3) is 0.136. The molecule has 1 aliphatic rings. The maximum Gasteiger partial charge on any atom is 0.165 e. The fourth-order valence-electron chi connectivity index (χ4n) is 4.12. The number of rotatable bonds is 4. The maximum atomic E-state index is 9.46. The van der Waals surface area contributed by atoms with Gasteiger partial charge in [0.15, 0.2) is 17.5 Å². The van der Waals surface area contributed by atoms with Crippen LogP contribution in [0.2, 0.25) is 0 Å². The van der Waals surface area contributed by atoms with Crippen LogP contribution in [0.1, 0.15) is 30.8 Å². The quantitative estimate of drug-likeness (QED) is 0.433. The standard InChI is InChI=1S/C22H16N10S/c1-2-16-21-30-27-12-31(21)17-11-25-19(15-10-26-29-18(15)22-24-6-7-33-22)28-20(17)32(16)14-5-3-4-13(8-14)9-23/h3-8,10-12,16H,2H2,1H3,(H,26,29). The Balaban J connectivity index is 1.57. The lowest BCUT2D eigenvalue weighted by atomic mass is 10.1. The van der Waals surface area contributed by atoms with Gasteiger partial charge in [-0.05, 0) is 24.6 Å². The van der Waals surface area contributed by atoms with Crippen molar-refractivity contribution in [3.63, 3.8) is 0 Å². The third-order valence-electron chi connectivity index (χ3n) is 5.59. The van der Waals surface area contributed by atoms with Crippen molar-refractivity contribution in [2.45, 2.75) is 19.4 Å². The third-order valence-corrected chi connectivity index (χ3v) is 6.38. The zero-order chi connectivity index (χ0) is 22.4. The predicted octanol–water partition coefficient (Wildman–Crippen LogP) is 4.05. The number of aromatic nitrogens is 8. The number of H-pyrrole nitrogens is 1. The maximum absolute atomic E-state index is 9.46. The zero-order valence-corrected chi connectivity index (χ0v) is 18.2. The minimum atomic E-state index is -0.112. The molecule has 1 atom stereocenters. The molecule has 0 aliphatic carbocycles. The van der Waals surface area contributed by atoms with Crippen LogP contribution in [0.25, 0.3) is 27.8 Å². The van der Waals surface area contributed by atoms with E-state index >= 15 is 0 Å². The first kappa shape index (κ1) is 19.3. The topological polar surface area (TPSA) is 125 Å². The van der Waals surface area contributed by atoms with Crippen LogP contribution in [-0.2, 0) is 0 Å². The van der Waals surface area contributed by atoms with E-state index in [0.717, 1.165) is 39.9 Å². The highest BCUT2D eigenvalue weighted by Crippen LogP contribution is 2.43. The molecule has 33 heavy (non-hydrogen) atoms. The number of thiazole rings is 1. The van der Waals surface area contributed by atoms with Gasteiger partial charge in [-0.25, -0.2) is 15.0 Å². The summed E-state index contributed by atoms with van der Waals surface area (Å²) in [6.07, 6.45) is 7.69. The summed E-state index contributed by atoms with van der Waals surface area (Å²) in [6.45, 7) is 2.09. The van der Waals surface area contributed by atoms with Gasteiger partial charge in [-0.1, -0.05) is 13.0 Å². The monoisotopic (exact) mass is 452 g/mol. The molecule has 0 bridgehead atoms. The first-order valence-corrected chi connectivity index (χ1v) is 11.2. The largest absolute Gasteiger partial charge is 0.314 e. The van der Waals surface area contributed by atoms with Crippen molar-refractivity contribution < 1.29 is 0 Å². The van der Waals surface area contributed by atoms with Crippen LogP contribution in [0.4, 0.5) is 11.5 Å². The van der Waals surface area contributed by atoms with Crippen LogP contribution < -0.4 is 4.90 Å².